The van der Waals surface area contributed by atoms with Crippen LogP contribution in [0.5, 0.6) is 0 Å². The quantitative estimate of drug-likeness (QED) is 0.404. The highest BCUT2D eigenvalue weighted by atomic mass is 16.6. The highest BCUT2D eigenvalue weighted by Crippen LogP contribution is 2.27. The summed E-state index contributed by atoms with van der Waals surface area (Å²) in [6.45, 7) is 0.809. The number of ether oxygens (including phenoxy) is 1. The fourth-order valence-electron chi connectivity index (χ4n) is 1.49. The first-order valence-corrected chi connectivity index (χ1v) is 4.05. The van der Waals surface area contributed by atoms with E-state index in [2.05, 4.69) is 0 Å². The molecule has 1 aromatic rings. The van der Waals surface area contributed by atoms with Crippen molar-refractivity contribution in [3.05, 3.63) is 38.9 Å². The monoisotopic (exact) mass is 193 g/mol. The maximum absolute atomic E-state index is 10.6. The van der Waals surface area contributed by atoms with Crippen molar-refractivity contribution in [1.29, 1.82) is 0 Å². The molecule has 0 saturated heterocycles. The number of fused-ring (bicyclic) bond motifs is 1. The van der Waals surface area contributed by atoms with E-state index in [1.165, 1.54) is 12.1 Å². The summed E-state index contributed by atoms with van der Waals surface area (Å²) < 4.78 is 5.11. The van der Waals surface area contributed by atoms with Crippen molar-refractivity contribution in [2.24, 2.45) is 0 Å². The number of nitrogens with zero attached hydrogens (tertiary/aromatic N) is 1. The average Bonchev–Trinajstić information content (AvgIpc) is 2.62. The number of carbonyl (C=O) groups excluding carboxylic acids is 1. The molecule has 0 N–H and O–H groups in total. The van der Waals surface area contributed by atoms with Crippen molar-refractivity contribution in [2.75, 3.05) is 0 Å². The molecule has 1 heterocycles. The van der Waals surface area contributed by atoms with Gasteiger partial charge >= 0.3 is 0 Å². The Hall–Kier alpha value is -1.75. The van der Waals surface area contributed by atoms with Crippen LogP contribution in [-0.4, -0.2) is 11.2 Å². The van der Waals surface area contributed by atoms with Crippen molar-refractivity contribution in [3.63, 3.8) is 0 Å². The molecule has 14 heavy (non-hydrogen) atoms. The van der Waals surface area contributed by atoms with E-state index in [4.69, 9.17) is 4.74 Å². The summed E-state index contributed by atoms with van der Waals surface area (Å²) in [7, 11) is 0. The van der Waals surface area contributed by atoms with Crippen molar-refractivity contribution in [3.8, 4) is 0 Å². The molecule has 1 aliphatic heterocycles. The second-order valence-electron chi connectivity index (χ2n) is 3.05. The molecular weight excluding hydrogens is 186 g/mol. The van der Waals surface area contributed by atoms with Crippen LogP contribution in [-0.2, 0) is 18.0 Å². The van der Waals surface area contributed by atoms with Gasteiger partial charge in [-0.05, 0) is 17.2 Å². The number of hydrogen-bond acceptors (Lipinski definition) is 4. The zero-order chi connectivity index (χ0) is 10.1. The fourth-order valence-corrected chi connectivity index (χ4v) is 1.49. The van der Waals surface area contributed by atoms with E-state index in [9.17, 15) is 14.9 Å². The molecule has 0 fully saturated rings. The molecule has 5 nitrogen and oxygen atoms in total. The summed E-state index contributed by atoms with van der Waals surface area (Å²) in [5, 5.41) is 10.6. The van der Waals surface area contributed by atoms with Gasteiger partial charge in [0.25, 0.3) is 5.69 Å². The lowest BCUT2D eigenvalue weighted by Gasteiger charge is -1.99. The molecule has 0 saturated carbocycles. The molecule has 5 heteroatoms. The lowest BCUT2D eigenvalue weighted by Crippen LogP contribution is -1.97. The number of aldehydes is 1. The molecule has 0 atom stereocenters. The van der Waals surface area contributed by atoms with Crippen LogP contribution in [0.15, 0.2) is 12.1 Å². The van der Waals surface area contributed by atoms with E-state index in [1.54, 1.807) is 0 Å². The molecule has 0 spiro atoms. The summed E-state index contributed by atoms with van der Waals surface area (Å²) in [5.74, 6) is 0. The summed E-state index contributed by atoms with van der Waals surface area (Å²) in [5.41, 5.74) is 1.61. The maximum Gasteiger partial charge on any atom is 0.280 e. The van der Waals surface area contributed by atoms with Gasteiger partial charge in [-0.15, -0.1) is 0 Å². The molecule has 0 unspecified atom stereocenters. The van der Waals surface area contributed by atoms with E-state index in [0.29, 0.717) is 19.5 Å². The predicted octanol–water partition coefficient (Wildman–Crippen LogP) is 1.44. The molecule has 1 aromatic carbocycles. The SMILES string of the molecule is O=Cc1cc2c(cc1[N+](=O)[O-])COC2. The van der Waals surface area contributed by atoms with Crippen LogP contribution in [0.3, 0.4) is 0 Å². The minimum Gasteiger partial charge on any atom is -0.372 e. The average molecular weight is 193 g/mol. The van der Waals surface area contributed by atoms with E-state index in [1.807, 2.05) is 0 Å². The lowest BCUT2D eigenvalue weighted by molar-refractivity contribution is -0.385. The van der Waals surface area contributed by atoms with Crippen LogP contribution in [0.25, 0.3) is 0 Å². The number of hydrogen-bond donors (Lipinski definition) is 0. The van der Waals surface area contributed by atoms with Gasteiger partial charge in [0.05, 0.1) is 23.7 Å². The number of nitro benzene ring substituents is 1. The number of nitro groups is 1. The Kier molecular flexibility index (Phi) is 2.01. The Morgan fingerprint density at radius 2 is 2.00 bits per heavy atom. The van der Waals surface area contributed by atoms with Crippen LogP contribution < -0.4 is 0 Å². The van der Waals surface area contributed by atoms with Gasteiger partial charge in [-0.2, -0.15) is 0 Å². The Morgan fingerprint density at radius 3 is 2.57 bits per heavy atom. The third-order valence-electron chi connectivity index (χ3n) is 2.19. The largest absolute Gasteiger partial charge is 0.372 e. The maximum atomic E-state index is 10.6. The van der Waals surface area contributed by atoms with Crippen molar-refractivity contribution in [1.82, 2.24) is 0 Å². The van der Waals surface area contributed by atoms with Gasteiger partial charge in [0, 0.05) is 6.07 Å². The van der Waals surface area contributed by atoms with E-state index >= 15 is 0 Å². The Bertz CT molecular complexity index is 414. The first-order chi connectivity index (χ1) is 6.72. The highest BCUT2D eigenvalue weighted by Gasteiger charge is 2.20. The third-order valence-corrected chi connectivity index (χ3v) is 2.19. The van der Waals surface area contributed by atoms with Gasteiger partial charge in [0.2, 0.25) is 0 Å². The van der Waals surface area contributed by atoms with Gasteiger partial charge in [-0.1, -0.05) is 0 Å². The first-order valence-electron chi connectivity index (χ1n) is 4.05. The molecule has 0 radical (unpaired) electrons. The normalized spacial score (nSPS) is 13.7. The van der Waals surface area contributed by atoms with E-state index in [-0.39, 0.29) is 11.3 Å². The van der Waals surface area contributed by atoms with Crippen LogP contribution in [0.2, 0.25) is 0 Å². The van der Waals surface area contributed by atoms with Crippen molar-refractivity contribution >= 4 is 12.0 Å². The second-order valence-corrected chi connectivity index (χ2v) is 3.05. The van der Waals surface area contributed by atoms with Gasteiger partial charge < -0.3 is 4.74 Å². The predicted molar refractivity (Wildman–Crippen MR) is 47.0 cm³/mol. The summed E-state index contributed by atoms with van der Waals surface area (Å²) in [6, 6.07) is 2.93. The molecule has 0 aliphatic carbocycles. The molecule has 0 bridgehead atoms. The van der Waals surface area contributed by atoms with Gasteiger partial charge in [-0.25, -0.2) is 0 Å². The molecular formula is C9H7NO4. The Balaban J connectivity index is 2.59. The van der Waals surface area contributed by atoms with Crippen molar-refractivity contribution in [2.45, 2.75) is 13.2 Å². The lowest BCUT2D eigenvalue weighted by atomic mass is 10.1. The topological polar surface area (TPSA) is 69.4 Å². The summed E-state index contributed by atoms with van der Waals surface area (Å²) in [4.78, 5) is 20.6. The third kappa shape index (κ3) is 1.27. The second kappa shape index (κ2) is 3.19. The zero-order valence-electron chi connectivity index (χ0n) is 7.23. The van der Waals surface area contributed by atoms with Crippen LogP contribution >= 0.6 is 0 Å². The molecule has 1 aliphatic rings. The van der Waals surface area contributed by atoms with Crippen LogP contribution in [0.1, 0.15) is 21.5 Å². The van der Waals surface area contributed by atoms with Gasteiger partial charge in [0.15, 0.2) is 6.29 Å². The Morgan fingerprint density at radius 1 is 1.36 bits per heavy atom. The molecule has 0 aromatic heterocycles. The summed E-state index contributed by atoms with van der Waals surface area (Å²) in [6.07, 6.45) is 0.497. The number of rotatable bonds is 2. The summed E-state index contributed by atoms with van der Waals surface area (Å²) >= 11 is 0. The zero-order valence-corrected chi connectivity index (χ0v) is 7.23. The minimum atomic E-state index is -0.553. The standard InChI is InChI=1S/C9H7NO4/c11-3-6-1-7-4-14-5-8(7)2-9(6)10(12)13/h1-3H,4-5H2. The van der Waals surface area contributed by atoms with Crippen LogP contribution in [0.4, 0.5) is 5.69 Å². The Labute approximate surface area is 79.4 Å². The van der Waals surface area contributed by atoms with E-state index in [0.717, 1.165) is 11.1 Å². The van der Waals surface area contributed by atoms with Gasteiger partial charge in [0.1, 0.15) is 0 Å². The van der Waals surface area contributed by atoms with E-state index < -0.39 is 4.92 Å². The number of carbonyl (C=O) groups is 1. The number of benzene rings is 1. The highest BCUT2D eigenvalue weighted by molar-refractivity contribution is 5.82. The van der Waals surface area contributed by atoms with Crippen molar-refractivity contribution < 1.29 is 14.5 Å². The first kappa shape index (κ1) is 8.83. The molecule has 2 rings (SSSR count). The van der Waals surface area contributed by atoms with Crippen LogP contribution in [0, 0.1) is 10.1 Å². The van der Waals surface area contributed by atoms with Gasteiger partial charge in [-0.3, -0.25) is 14.9 Å². The minimum absolute atomic E-state index is 0.110. The smallest absolute Gasteiger partial charge is 0.280 e. The fraction of sp³-hybridized carbons (Fsp3) is 0.222. The molecule has 0 amide bonds. The molecule has 72 valence electrons.